The second-order valence-electron chi connectivity index (χ2n) is 4.37. The number of thioether (sulfide) groups is 1. The number of methoxy groups -OCH3 is 1. The molecule has 0 saturated carbocycles. The van der Waals surface area contributed by atoms with Gasteiger partial charge in [-0.25, -0.2) is 0 Å². The Labute approximate surface area is 128 Å². The maximum Gasteiger partial charge on any atom is 0.176 e. The summed E-state index contributed by atoms with van der Waals surface area (Å²) in [6.45, 7) is 1.97. The molecule has 0 saturated heterocycles. The first-order valence-electron chi connectivity index (χ1n) is 6.16. The van der Waals surface area contributed by atoms with Crippen LogP contribution in [0.15, 0.2) is 47.4 Å². The summed E-state index contributed by atoms with van der Waals surface area (Å²) in [6, 6.07) is 13.1. The highest BCUT2D eigenvalue weighted by Crippen LogP contribution is 2.25. The molecule has 0 aromatic heterocycles. The fourth-order valence-corrected chi connectivity index (χ4v) is 2.69. The van der Waals surface area contributed by atoms with Crippen LogP contribution in [0.4, 0.5) is 0 Å². The van der Waals surface area contributed by atoms with Gasteiger partial charge in [-0.1, -0.05) is 17.7 Å². The highest BCUT2D eigenvalue weighted by molar-refractivity contribution is 8.00. The fraction of sp³-hybridized carbons (Fsp3) is 0.188. The van der Waals surface area contributed by atoms with E-state index in [9.17, 15) is 4.79 Å². The average Bonchev–Trinajstić information content (AvgIpc) is 2.46. The van der Waals surface area contributed by atoms with Gasteiger partial charge in [-0.3, -0.25) is 4.79 Å². The Morgan fingerprint density at radius 1 is 1.20 bits per heavy atom. The molecule has 0 bridgehead atoms. The smallest absolute Gasteiger partial charge is 0.176 e. The van der Waals surface area contributed by atoms with Crippen molar-refractivity contribution in [3.8, 4) is 5.75 Å². The number of halogens is 1. The molecule has 2 aromatic rings. The van der Waals surface area contributed by atoms with E-state index in [1.54, 1.807) is 7.11 Å². The van der Waals surface area contributed by atoms with Crippen molar-refractivity contribution >= 4 is 29.1 Å². The summed E-state index contributed by atoms with van der Waals surface area (Å²) in [5.41, 5.74) is 1.70. The average molecular weight is 307 g/mol. The van der Waals surface area contributed by atoms with Crippen LogP contribution in [0.25, 0.3) is 0 Å². The number of hydrogen-bond acceptors (Lipinski definition) is 3. The fourth-order valence-electron chi connectivity index (χ4n) is 1.79. The minimum absolute atomic E-state index is 0.0572. The lowest BCUT2D eigenvalue weighted by atomic mass is 10.1. The number of benzene rings is 2. The largest absolute Gasteiger partial charge is 0.496 e. The van der Waals surface area contributed by atoms with E-state index in [0.29, 0.717) is 22.1 Å². The van der Waals surface area contributed by atoms with Crippen LogP contribution in [-0.2, 0) is 0 Å². The number of ether oxygens (including phenoxy) is 1. The van der Waals surface area contributed by atoms with E-state index in [2.05, 4.69) is 0 Å². The molecule has 0 aliphatic rings. The van der Waals surface area contributed by atoms with Crippen molar-refractivity contribution in [2.24, 2.45) is 0 Å². The molecule has 104 valence electrons. The molecule has 0 spiro atoms. The first-order chi connectivity index (χ1) is 9.60. The predicted molar refractivity (Wildman–Crippen MR) is 84.2 cm³/mol. The van der Waals surface area contributed by atoms with E-state index in [1.165, 1.54) is 11.8 Å². The van der Waals surface area contributed by atoms with E-state index in [0.717, 1.165) is 10.5 Å². The number of aryl methyl sites for hydroxylation is 1. The van der Waals surface area contributed by atoms with Gasteiger partial charge in [0.1, 0.15) is 5.75 Å². The third kappa shape index (κ3) is 3.78. The lowest BCUT2D eigenvalue weighted by Crippen LogP contribution is -2.05. The van der Waals surface area contributed by atoms with Crippen LogP contribution in [0.2, 0.25) is 5.02 Å². The minimum atomic E-state index is 0.0572. The predicted octanol–water partition coefficient (Wildman–Crippen LogP) is 4.63. The van der Waals surface area contributed by atoms with E-state index in [4.69, 9.17) is 16.3 Å². The molecule has 20 heavy (non-hydrogen) atoms. The highest BCUT2D eigenvalue weighted by atomic mass is 35.5. The first-order valence-corrected chi connectivity index (χ1v) is 7.52. The van der Waals surface area contributed by atoms with Gasteiger partial charge in [-0.15, -0.1) is 11.8 Å². The zero-order valence-electron chi connectivity index (χ0n) is 11.4. The van der Waals surface area contributed by atoms with Gasteiger partial charge in [-0.05, 0) is 48.9 Å². The van der Waals surface area contributed by atoms with Crippen molar-refractivity contribution in [3.05, 3.63) is 58.6 Å². The van der Waals surface area contributed by atoms with Crippen LogP contribution in [0, 0.1) is 6.92 Å². The maximum atomic E-state index is 12.2. The highest BCUT2D eigenvalue weighted by Gasteiger charge is 2.12. The third-order valence-corrected chi connectivity index (χ3v) is 4.11. The van der Waals surface area contributed by atoms with E-state index in [1.807, 2.05) is 49.4 Å². The molecule has 0 aliphatic carbocycles. The van der Waals surface area contributed by atoms with E-state index < -0.39 is 0 Å². The Balaban J connectivity index is 2.07. The Hall–Kier alpha value is -1.45. The second-order valence-corrected chi connectivity index (χ2v) is 5.85. The van der Waals surface area contributed by atoms with Gasteiger partial charge in [-0.2, -0.15) is 0 Å². The molecule has 0 atom stereocenters. The molecule has 0 unspecified atom stereocenters. The standard InChI is InChI=1S/C16H15ClO2S/c1-11-3-8-14(16(9-11)19-2)15(18)10-20-13-6-4-12(17)5-7-13/h3-9H,10H2,1-2H3. The lowest BCUT2D eigenvalue weighted by molar-refractivity contribution is 0.101. The van der Waals surface area contributed by atoms with Crippen LogP contribution in [0.5, 0.6) is 5.75 Å². The Morgan fingerprint density at radius 2 is 1.90 bits per heavy atom. The molecule has 0 aliphatic heterocycles. The minimum Gasteiger partial charge on any atom is -0.496 e. The zero-order valence-corrected chi connectivity index (χ0v) is 12.9. The Bertz CT molecular complexity index is 608. The van der Waals surface area contributed by atoms with Gasteiger partial charge in [0.25, 0.3) is 0 Å². The first kappa shape index (κ1) is 14.9. The van der Waals surface area contributed by atoms with Gasteiger partial charge in [0.05, 0.1) is 18.4 Å². The number of hydrogen-bond donors (Lipinski definition) is 0. The number of rotatable bonds is 5. The van der Waals surface area contributed by atoms with Crippen molar-refractivity contribution < 1.29 is 9.53 Å². The van der Waals surface area contributed by atoms with Crippen LogP contribution >= 0.6 is 23.4 Å². The summed E-state index contributed by atoms with van der Waals surface area (Å²) < 4.78 is 5.27. The molecular weight excluding hydrogens is 292 g/mol. The quantitative estimate of drug-likeness (QED) is 0.595. The van der Waals surface area contributed by atoms with Gasteiger partial charge in [0.2, 0.25) is 0 Å². The summed E-state index contributed by atoms with van der Waals surface area (Å²) in [5.74, 6) is 1.06. The molecule has 2 aromatic carbocycles. The van der Waals surface area contributed by atoms with Gasteiger partial charge >= 0.3 is 0 Å². The van der Waals surface area contributed by atoms with Crippen molar-refractivity contribution in [1.29, 1.82) is 0 Å². The summed E-state index contributed by atoms with van der Waals surface area (Å²) in [5, 5.41) is 0.695. The van der Waals surface area contributed by atoms with Crippen molar-refractivity contribution in [1.82, 2.24) is 0 Å². The zero-order chi connectivity index (χ0) is 14.5. The Morgan fingerprint density at radius 3 is 2.55 bits per heavy atom. The Kier molecular flexibility index (Phi) is 5.10. The summed E-state index contributed by atoms with van der Waals surface area (Å²) in [4.78, 5) is 13.3. The number of carbonyl (C=O) groups is 1. The van der Waals surface area contributed by atoms with Gasteiger partial charge < -0.3 is 4.74 Å². The molecule has 4 heteroatoms. The van der Waals surface area contributed by atoms with Crippen LogP contribution in [0.1, 0.15) is 15.9 Å². The van der Waals surface area contributed by atoms with Crippen molar-refractivity contribution in [2.45, 2.75) is 11.8 Å². The van der Waals surface area contributed by atoms with Crippen molar-refractivity contribution in [2.75, 3.05) is 12.9 Å². The molecule has 0 heterocycles. The van der Waals surface area contributed by atoms with Crippen LogP contribution in [0.3, 0.4) is 0 Å². The van der Waals surface area contributed by atoms with E-state index >= 15 is 0 Å². The molecule has 0 N–H and O–H groups in total. The third-order valence-electron chi connectivity index (χ3n) is 2.84. The molecule has 0 fully saturated rings. The van der Waals surface area contributed by atoms with E-state index in [-0.39, 0.29) is 5.78 Å². The number of Topliss-reactive ketones (excluding diaryl/α,β-unsaturated/α-hetero) is 1. The normalized spacial score (nSPS) is 10.3. The lowest BCUT2D eigenvalue weighted by Gasteiger charge is -2.08. The molecule has 2 nitrogen and oxygen atoms in total. The molecular formula is C16H15ClO2S. The second kappa shape index (κ2) is 6.82. The number of ketones is 1. The molecule has 0 radical (unpaired) electrons. The van der Waals surface area contributed by atoms with Crippen LogP contribution in [-0.4, -0.2) is 18.6 Å². The SMILES string of the molecule is COc1cc(C)ccc1C(=O)CSc1ccc(Cl)cc1. The molecule has 0 amide bonds. The monoisotopic (exact) mass is 306 g/mol. The van der Waals surface area contributed by atoms with Crippen molar-refractivity contribution in [3.63, 3.8) is 0 Å². The number of carbonyl (C=O) groups excluding carboxylic acids is 1. The topological polar surface area (TPSA) is 26.3 Å². The summed E-state index contributed by atoms with van der Waals surface area (Å²) in [6.07, 6.45) is 0. The summed E-state index contributed by atoms with van der Waals surface area (Å²) >= 11 is 7.32. The van der Waals surface area contributed by atoms with Crippen LogP contribution < -0.4 is 4.74 Å². The maximum absolute atomic E-state index is 12.2. The van der Waals surface area contributed by atoms with Gasteiger partial charge in [0.15, 0.2) is 5.78 Å². The summed E-state index contributed by atoms with van der Waals surface area (Å²) in [7, 11) is 1.58. The van der Waals surface area contributed by atoms with Gasteiger partial charge in [0, 0.05) is 9.92 Å². The molecule has 2 rings (SSSR count).